The molecule has 2 rings (SSSR count). The summed E-state index contributed by atoms with van der Waals surface area (Å²) < 4.78 is 3.24. The Kier molecular flexibility index (Phi) is 4.40. The largest absolute Gasteiger partial charge is 0.313 e. The van der Waals surface area contributed by atoms with Crippen molar-refractivity contribution in [3.8, 4) is 0 Å². The van der Waals surface area contributed by atoms with E-state index in [4.69, 9.17) is 0 Å². The first kappa shape index (κ1) is 13.5. The summed E-state index contributed by atoms with van der Waals surface area (Å²) in [6.07, 6.45) is 0.952. The Hall–Kier alpha value is -0.880. The van der Waals surface area contributed by atoms with Crippen molar-refractivity contribution >= 4 is 22.6 Å². The molecule has 0 saturated heterocycles. The van der Waals surface area contributed by atoms with Crippen molar-refractivity contribution in [1.29, 1.82) is 0 Å². The molecule has 1 aromatic carbocycles. The second-order valence-corrected chi connectivity index (χ2v) is 5.75. The van der Waals surface area contributed by atoms with Crippen molar-refractivity contribution in [2.24, 2.45) is 7.05 Å². The van der Waals surface area contributed by atoms with Crippen molar-refractivity contribution in [3.05, 3.63) is 50.9 Å². The minimum absolute atomic E-state index is 0.328. The monoisotopic (exact) mass is 355 g/mol. The molecule has 0 amide bonds. The number of likely N-dealkylation sites (N-methyl/N-ethyl adjacent to an activating group) is 1. The maximum Gasteiger partial charge on any atom is 0.0596 e. The van der Waals surface area contributed by atoms with Crippen LogP contribution in [0.1, 0.15) is 23.0 Å². The first-order valence-corrected chi connectivity index (χ1v) is 7.10. The molecular formula is C14H18IN3. The molecule has 1 N–H and O–H groups in total. The van der Waals surface area contributed by atoms with E-state index in [0.29, 0.717) is 6.04 Å². The fourth-order valence-electron chi connectivity index (χ4n) is 2.17. The Bertz CT molecular complexity index is 534. The quantitative estimate of drug-likeness (QED) is 0.855. The van der Waals surface area contributed by atoms with Gasteiger partial charge in [-0.3, -0.25) is 4.68 Å². The van der Waals surface area contributed by atoms with Crippen LogP contribution in [-0.4, -0.2) is 16.8 Å². The smallest absolute Gasteiger partial charge is 0.0596 e. The second kappa shape index (κ2) is 5.84. The van der Waals surface area contributed by atoms with Crippen LogP contribution < -0.4 is 5.32 Å². The third kappa shape index (κ3) is 3.11. The van der Waals surface area contributed by atoms with E-state index in [2.05, 4.69) is 63.3 Å². The Morgan fingerprint density at radius 2 is 2.17 bits per heavy atom. The molecule has 1 aromatic heterocycles. The fraction of sp³-hybridized carbons (Fsp3) is 0.357. The molecule has 2 aromatic rings. The van der Waals surface area contributed by atoms with E-state index in [1.165, 1.54) is 14.8 Å². The standard InChI is InChI=1S/C14H18IN3/c1-10-7-13(18(3)17-10)9-14(16-2)11-5-4-6-12(15)8-11/h4-8,14,16H,9H2,1-3H3. The summed E-state index contributed by atoms with van der Waals surface area (Å²) in [7, 11) is 4.01. The summed E-state index contributed by atoms with van der Waals surface area (Å²) in [6, 6.07) is 11.1. The van der Waals surface area contributed by atoms with Crippen LogP contribution in [0.3, 0.4) is 0 Å². The zero-order valence-electron chi connectivity index (χ0n) is 10.9. The first-order chi connectivity index (χ1) is 8.60. The molecule has 1 atom stereocenters. The van der Waals surface area contributed by atoms with E-state index in [0.717, 1.165) is 12.1 Å². The number of aryl methyl sites for hydroxylation is 2. The van der Waals surface area contributed by atoms with Gasteiger partial charge in [-0.05, 0) is 60.3 Å². The van der Waals surface area contributed by atoms with Gasteiger partial charge in [-0.1, -0.05) is 12.1 Å². The Labute approximate surface area is 122 Å². The van der Waals surface area contributed by atoms with Crippen LogP contribution in [-0.2, 0) is 13.5 Å². The molecule has 0 aliphatic heterocycles. The number of hydrogen-bond acceptors (Lipinski definition) is 2. The summed E-state index contributed by atoms with van der Waals surface area (Å²) in [4.78, 5) is 0. The highest BCUT2D eigenvalue weighted by Crippen LogP contribution is 2.20. The molecule has 0 radical (unpaired) electrons. The third-order valence-electron chi connectivity index (χ3n) is 3.11. The van der Waals surface area contributed by atoms with Gasteiger partial charge in [0.25, 0.3) is 0 Å². The van der Waals surface area contributed by atoms with Crippen molar-refractivity contribution < 1.29 is 0 Å². The van der Waals surface area contributed by atoms with Gasteiger partial charge in [-0.15, -0.1) is 0 Å². The van der Waals surface area contributed by atoms with Crippen LogP contribution in [0.25, 0.3) is 0 Å². The molecule has 4 heteroatoms. The van der Waals surface area contributed by atoms with Crippen LogP contribution in [0, 0.1) is 10.5 Å². The summed E-state index contributed by atoms with van der Waals surface area (Å²) in [5.41, 5.74) is 3.65. The number of nitrogens with one attached hydrogen (secondary N) is 1. The zero-order chi connectivity index (χ0) is 13.1. The lowest BCUT2D eigenvalue weighted by Crippen LogP contribution is -2.20. The summed E-state index contributed by atoms with van der Waals surface area (Å²) in [5.74, 6) is 0. The number of benzene rings is 1. The normalized spacial score (nSPS) is 12.7. The van der Waals surface area contributed by atoms with Crippen molar-refractivity contribution in [2.75, 3.05) is 7.05 Å². The Morgan fingerprint density at radius 1 is 1.39 bits per heavy atom. The van der Waals surface area contributed by atoms with Crippen LogP contribution in [0.2, 0.25) is 0 Å². The molecule has 3 nitrogen and oxygen atoms in total. The van der Waals surface area contributed by atoms with Crippen LogP contribution in [0.5, 0.6) is 0 Å². The number of rotatable bonds is 4. The maximum absolute atomic E-state index is 4.40. The molecule has 96 valence electrons. The minimum Gasteiger partial charge on any atom is -0.313 e. The first-order valence-electron chi connectivity index (χ1n) is 6.02. The lowest BCUT2D eigenvalue weighted by molar-refractivity contribution is 0.561. The van der Waals surface area contributed by atoms with E-state index in [9.17, 15) is 0 Å². The van der Waals surface area contributed by atoms with Crippen LogP contribution in [0.15, 0.2) is 30.3 Å². The molecule has 18 heavy (non-hydrogen) atoms. The molecule has 0 fully saturated rings. The van der Waals surface area contributed by atoms with Gasteiger partial charge < -0.3 is 5.32 Å². The average molecular weight is 355 g/mol. The second-order valence-electron chi connectivity index (χ2n) is 4.50. The molecule has 0 spiro atoms. The highest BCUT2D eigenvalue weighted by molar-refractivity contribution is 14.1. The average Bonchev–Trinajstić information content (AvgIpc) is 2.64. The molecule has 0 bridgehead atoms. The lowest BCUT2D eigenvalue weighted by Gasteiger charge is -2.17. The Morgan fingerprint density at radius 3 is 2.72 bits per heavy atom. The van der Waals surface area contributed by atoms with E-state index in [1.54, 1.807) is 0 Å². The maximum atomic E-state index is 4.40. The minimum atomic E-state index is 0.328. The van der Waals surface area contributed by atoms with Gasteiger partial charge in [0.05, 0.1) is 5.69 Å². The van der Waals surface area contributed by atoms with Gasteiger partial charge in [-0.2, -0.15) is 5.10 Å². The van der Waals surface area contributed by atoms with Gasteiger partial charge in [0.2, 0.25) is 0 Å². The summed E-state index contributed by atoms with van der Waals surface area (Å²) in [5, 5.41) is 7.78. The van der Waals surface area contributed by atoms with E-state index < -0.39 is 0 Å². The van der Waals surface area contributed by atoms with E-state index in [1.807, 2.05) is 25.7 Å². The molecule has 1 heterocycles. The molecule has 0 aliphatic rings. The van der Waals surface area contributed by atoms with Gasteiger partial charge in [0, 0.05) is 28.8 Å². The van der Waals surface area contributed by atoms with Gasteiger partial charge in [-0.25, -0.2) is 0 Å². The third-order valence-corrected chi connectivity index (χ3v) is 3.78. The predicted octanol–water partition coefficient (Wildman–Crippen LogP) is 2.84. The predicted molar refractivity (Wildman–Crippen MR) is 82.6 cm³/mol. The topological polar surface area (TPSA) is 29.9 Å². The number of nitrogens with zero attached hydrogens (tertiary/aromatic N) is 2. The van der Waals surface area contributed by atoms with Crippen LogP contribution in [0.4, 0.5) is 0 Å². The van der Waals surface area contributed by atoms with Gasteiger partial charge >= 0.3 is 0 Å². The summed E-state index contributed by atoms with van der Waals surface area (Å²) >= 11 is 2.35. The van der Waals surface area contributed by atoms with Crippen molar-refractivity contribution in [1.82, 2.24) is 15.1 Å². The number of aromatic nitrogens is 2. The fourth-order valence-corrected chi connectivity index (χ4v) is 2.74. The zero-order valence-corrected chi connectivity index (χ0v) is 13.1. The highest BCUT2D eigenvalue weighted by atomic mass is 127. The van der Waals surface area contributed by atoms with E-state index in [-0.39, 0.29) is 0 Å². The summed E-state index contributed by atoms with van der Waals surface area (Å²) in [6.45, 7) is 2.03. The number of halogens is 1. The molecule has 0 saturated carbocycles. The molecule has 1 unspecified atom stereocenters. The molecule has 0 aliphatic carbocycles. The van der Waals surface area contributed by atoms with Crippen molar-refractivity contribution in [2.45, 2.75) is 19.4 Å². The van der Waals surface area contributed by atoms with Crippen molar-refractivity contribution in [3.63, 3.8) is 0 Å². The molecular weight excluding hydrogens is 337 g/mol. The van der Waals surface area contributed by atoms with Gasteiger partial charge in [0.15, 0.2) is 0 Å². The van der Waals surface area contributed by atoms with Gasteiger partial charge in [0.1, 0.15) is 0 Å². The number of hydrogen-bond donors (Lipinski definition) is 1. The Balaban J connectivity index is 2.22. The van der Waals surface area contributed by atoms with E-state index >= 15 is 0 Å². The SMILES string of the molecule is CNC(Cc1cc(C)nn1C)c1cccc(I)c1. The van der Waals surface area contributed by atoms with Crippen LogP contribution >= 0.6 is 22.6 Å². The highest BCUT2D eigenvalue weighted by Gasteiger charge is 2.13. The lowest BCUT2D eigenvalue weighted by atomic mass is 10.0.